The van der Waals surface area contributed by atoms with Crippen molar-refractivity contribution in [1.29, 1.82) is 5.41 Å². The van der Waals surface area contributed by atoms with Gasteiger partial charge in [0.1, 0.15) is 0 Å². The van der Waals surface area contributed by atoms with Crippen molar-refractivity contribution in [2.24, 2.45) is 11.5 Å². The molecule has 0 saturated carbocycles. The van der Waals surface area contributed by atoms with Crippen molar-refractivity contribution < 1.29 is 0 Å². The molecule has 0 amide bonds. The van der Waals surface area contributed by atoms with Crippen LogP contribution in [0.2, 0.25) is 0 Å². The monoisotopic (exact) mass is 129 g/mol. The predicted molar refractivity (Wildman–Crippen MR) is 39.4 cm³/mol. The van der Waals surface area contributed by atoms with Crippen LogP contribution in [-0.2, 0) is 0 Å². The van der Waals surface area contributed by atoms with Gasteiger partial charge in [-0.1, -0.05) is 0 Å². The molecule has 1 atom stereocenters. The first-order chi connectivity index (χ1) is 4.13. The van der Waals surface area contributed by atoms with Crippen LogP contribution in [0.3, 0.4) is 0 Å². The fourth-order valence-corrected chi connectivity index (χ4v) is 0.614. The molecule has 3 nitrogen and oxygen atoms in total. The summed E-state index contributed by atoms with van der Waals surface area (Å²) in [6.45, 7) is 1.96. The fraction of sp³-hybridized carbons (Fsp3) is 0.833. The summed E-state index contributed by atoms with van der Waals surface area (Å²) in [5.41, 5.74) is 10.6. The number of hydrogen-bond donors (Lipinski definition) is 3. The van der Waals surface area contributed by atoms with Crippen molar-refractivity contribution in [3.05, 3.63) is 0 Å². The van der Waals surface area contributed by atoms with Gasteiger partial charge in [0.05, 0.1) is 5.84 Å². The third kappa shape index (κ3) is 7.43. The summed E-state index contributed by atoms with van der Waals surface area (Å²) in [5.74, 6) is 0.260. The molecule has 0 fully saturated rings. The van der Waals surface area contributed by atoms with Crippen molar-refractivity contribution >= 4 is 5.84 Å². The Kier molecular flexibility index (Phi) is 4.05. The molecule has 0 saturated heterocycles. The van der Waals surface area contributed by atoms with Gasteiger partial charge in [-0.3, -0.25) is 5.41 Å². The zero-order valence-corrected chi connectivity index (χ0v) is 5.85. The first-order valence-electron chi connectivity index (χ1n) is 3.21. The average molecular weight is 129 g/mol. The minimum Gasteiger partial charge on any atom is -0.388 e. The lowest BCUT2D eigenvalue weighted by atomic mass is 10.1. The van der Waals surface area contributed by atoms with Crippen LogP contribution in [0.1, 0.15) is 26.2 Å². The Bertz CT molecular complexity index is 88.3. The number of amidine groups is 1. The van der Waals surface area contributed by atoms with E-state index in [0.717, 1.165) is 12.8 Å². The summed E-state index contributed by atoms with van der Waals surface area (Å²) in [6, 6.07) is 0.240. The average Bonchev–Trinajstić information content (AvgIpc) is 1.63. The molecule has 0 aliphatic carbocycles. The number of hydrogen-bond acceptors (Lipinski definition) is 2. The molecule has 5 N–H and O–H groups in total. The van der Waals surface area contributed by atoms with Gasteiger partial charge >= 0.3 is 0 Å². The fourth-order valence-electron chi connectivity index (χ4n) is 0.614. The van der Waals surface area contributed by atoms with Crippen LogP contribution in [0, 0.1) is 5.41 Å². The lowest BCUT2D eigenvalue weighted by molar-refractivity contribution is 0.636. The maximum absolute atomic E-state index is 6.88. The number of nitrogens with two attached hydrogens (primary N) is 2. The van der Waals surface area contributed by atoms with Gasteiger partial charge in [0.15, 0.2) is 0 Å². The van der Waals surface area contributed by atoms with Crippen molar-refractivity contribution in [3.63, 3.8) is 0 Å². The summed E-state index contributed by atoms with van der Waals surface area (Å²) in [6.07, 6.45) is 2.58. The molecule has 0 radical (unpaired) electrons. The Morgan fingerprint density at radius 3 is 2.56 bits per heavy atom. The van der Waals surface area contributed by atoms with Crippen LogP contribution in [0.25, 0.3) is 0 Å². The van der Waals surface area contributed by atoms with Gasteiger partial charge in [0, 0.05) is 12.5 Å². The van der Waals surface area contributed by atoms with Crippen LogP contribution >= 0.6 is 0 Å². The van der Waals surface area contributed by atoms with E-state index < -0.39 is 0 Å². The molecule has 0 aromatic rings. The molecule has 0 aromatic heterocycles. The highest BCUT2D eigenvalue weighted by Crippen LogP contribution is 1.96. The Balaban J connectivity index is 3.01. The molecule has 54 valence electrons. The molecule has 9 heavy (non-hydrogen) atoms. The quantitative estimate of drug-likeness (QED) is 0.380. The van der Waals surface area contributed by atoms with Crippen LogP contribution in [0.15, 0.2) is 0 Å². The first-order valence-corrected chi connectivity index (χ1v) is 3.21. The Morgan fingerprint density at radius 2 is 2.22 bits per heavy atom. The third-order valence-electron chi connectivity index (χ3n) is 1.11. The van der Waals surface area contributed by atoms with Gasteiger partial charge in [0.2, 0.25) is 0 Å². The van der Waals surface area contributed by atoms with Crippen molar-refractivity contribution in [1.82, 2.24) is 0 Å². The van der Waals surface area contributed by atoms with Crippen LogP contribution in [0.5, 0.6) is 0 Å². The molecular weight excluding hydrogens is 114 g/mol. The summed E-state index contributed by atoms with van der Waals surface area (Å²) in [5, 5.41) is 6.88. The van der Waals surface area contributed by atoms with E-state index in [1.165, 1.54) is 0 Å². The number of rotatable bonds is 4. The van der Waals surface area contributed by atoms with Crippen molar-refractivity contribution in [3.8, 4) is 0 Å². The molecule has 0 bridgehead atoms. The van der Waals surface area contributed by atoms with E-state index in [9.17, 15) is 0 Å². The second-order valence-corrected chi connectivity index (χ2v) is 2.39. The lowest BCUT2D eigenvalue weighted by Gasteiger charge is -2.01. The van der Waals surface area contributed by atoms with Gasteiger partial charge in [-0.25, -0.2) is 0 Å². The minimum absolute atomic E-state index is 0.240. The van der Waals surface area contributed by atoms with Gasteiger partial charge < -0.3 is 11.5 Å². The maximum Gasteiger partial charge on any atom is 0.0905 e. The number of nitrogens with one attached hydrogen (secondary N) is 1. The molecule has 3 heteroatoms. The molecule has 0 aliphatic heterocycles. The molecule has 0 heterocycles. The minimum atomic E-state index is 0.240. The molecule has 0 unspecified atom stereocenters. The Morgan fingerprint density at radius 1 is 1.67 bits per heavy atom. The maximum atomic E-state index is 6.88. The second kappa shape index (κ2) is 4.32. The van der Waals surface area contributed by atoms with E-state index in [2.05, 4.69) is 0 Å². The smallest absolute Gasteiger partial charge is 0.0905 e. The van der Waals surface area contributed by atoms with E-state index in [1.54, 1.807) is 0 Å². The topological polar surface area (TPSA) is 75.9 Å². The zero-order valence-electron chi connectivity index (χ0n) is 5.85. The standard InChI is InChI=1S/C6H15N3/c1-5(7)3-2-4-6(8)9/h5H,2-4,7H2,1H3,(H3,8,9)/t5-/m1/s1. The Labute approximate surface area is 55.9 Å². The highest BCUT2D eigenvalue weighted by molar-refractivity contribution is 5.76. The predicted octanol–water partition coefficient (Wildman–Crippen LogP) is 0.440. The molecule has 0 spiro atoms. The normalized spacial score (nSPS) is 13.1. The molecule has 0 rings (SSSR count). The highest BCUT2D eigenvalue weighted by Gasteiger charge is 1.94. The van der Waals surface area contributed by atoms with E-state index >= 15 is 0 Å². The Hall–Kier alpha value is -0.570. The van der Waals surface area contributed by atoms with Crippen LogP contribution < -0.4 is 11.5 Å². The summed E-state index contributed by atoms with van der Waals surface area (Å²) in [7, 11) is 0. The van der Waals surface area contributed by atoms with Gasteiger partial charge in [-0.2, -0.15) is 0 Å². The third-order valence-corrected chi connectivity index (χ3v) is 1.11. The van der Waals surface area contributed by atoms with Gasteiger partial charge in [-0.05, 0) is 19.8 Å². The second-order valence-electron chi connectivity index (χ2n) is 2.39. The summed E-state index contributed by atoms with van der Waals surface area (Å²) < 4.78 is 0. The van der Waals surface area contributed by atoms with Gasteiger partial charge in [0.25, 0.3) is 0 Å². The molecular formula is C6H15N3. The zero-order chi connectivity index (χ0) is 7.28. The van der Waals surface area contributed by atoms with E-state index in [4.69, 9.17) is 16.9 Å². The summed E-state index contributed by atoms with van der Waals surface area (Å²) in [4.78, 5) is 0. The van der Waals surface area contributed by atoms with E-state index in [0.29, 0.717) is 6.42 Å². The van der Waals surface area contributed by atoms with Crippen molar-refractivity contribution in [2.75, 3.05) is 0 Å². The molecule has 0 aliphatic rings. The highest BCUT2D eigenvalue weighted by atomic mass is 14.7. The van der Waals surface area contributed by atoms with E-state index in [-0.39, 0.29) is 11.9 Å². The van der Waals surface area contributed by atoms with E-state index in [1.807, 2.05) is 6.92 Å². The lowest BCUT2D eigenvalue weighted by Crippen LogP contribution is -2.16. The largest absolute Gasteiger partial charge is 0.388 e. The first kappa shape index (κ1) is 8.43. The van der Waals surface area contributed by atoms with Crippen molar-refractivity contribution in [2.45, 2.75) is 32.2 Å². The van der Waals surface area contributed by atoms with Gasteiger partial charge in [-0.15, -0.1) is 0 Å². The summed E-state index contributed by atoms with van der Waals surface area (Å²) >= 11 is 0. The van der Waals surface area contributed by atoms with Crippen LogP contribution in [-0.4, -0.2) is 11.9 Å². The van der Waals surface area contributed by atoms with Crippen LogP contribution in [0.4, 0.5) is 0 Å². The SMILES string of the molecule is C[C@@H](N)CCCC(=N)N. The molecule has 0 aromatic carbocycles.